The van der Waals surface area contributed by atoms with Crippen molar-refractivity contribution in [2.45, 2.75) is 59.5 Å². The van der Waals surface area contributed by atoms with Gasteiger partial charge >= 0.3 is 0 Å². The van der Waals surface area contributed by atoms with Crippen LogP contribution in [0.5, 0.6) is 11.5 Å². The van der Waals surface area contributed by atoms with E-state index in [1.807, 2.05) is 76.2 Å². The van der Waals surface area contributed by atoms with E-state index in [-0.39, 0.29) is 44.5 Å². The fourth-order valence-corrected chi connectivity index (χ4v) is 4.11. The molecule has 8 heteroatoms. The van der Waals surface area contributed by atoms with Crippen LogP contribution in [0.2, 0.25) is 0 Å². The van der Waals surface area contributed by atoms with Crippen LogP contribution < -0.4 is 0 Å². The van der Waals surface area contributed by atoms with Crippen LogP contribution in [0.3, 0.4) is 0 Å². The van der Waals surface area contributed by atoms with Crippen LogP contribution in [0.15, 0.2) is 70.6 Å². The third kappa shape index (κ3) is 12.0. The van der Waals surface area contributed by atoms with Crippen molar-refractivity contribution >= 4 is 53.1 Å². The van der Waals surface area contributed by atoms with Gasteiger partial charge in [-0.3, -0.25) is 9.98 Å². The van der Waals surface area contributed by atoms with Crippen molar-refractivity contribution < 1.29 is 43.2 Å². The molecule has 0 aliphatic heterocycles. The molecule has 4 aromatic carbocycles. The molecule has 244 valence electrons. The maximum Gasteiger partial charge on any atom is 0.135 e. The van der Waals surface area contributed by atoms with E-state index in [0.29, 0.717) is 16.5 Å². The first kappa shape index (κ1) is 41.9. The number of hydrogen-bond donors (Lipinski definition) is 2. The Kier molecular flexibility index (Phi) is 20.6. The van der Waals surface area contributed by atoms with Crippen LogP contribution in [0.1, 0.15) is 59.6 Å². The first-order valence-electron chi connectivity index (χ1n) is 14.3. The minimum Gasteiger partial charge on any atom is -0.506 e. The third-order valence-electron chi connectivity index (χ3n) is 6.84. The van der Waals surface area contributed by atoms with E-state index in [1.54, 1.807) is 24.6 Å². The summed E-state index contributed by atoms with van der Waals surface area (Å²) in [6.45, 7) is 17.5. The number of phenols is 2. The number of fused-ring (bicyclic) bond motifs is 1. The molecular formula is C36H46N2Ni2O2P2-2. The molecule has 0 bridgehead atoms. The van der Waals surface area contributed by atoms with E-state index >= 15 is 0 Å². The molecule has 2 N–H and O–H groups in total. The van der Waals surface area contributed by atoms with E-state index in [0.717, 1.165) is 63.7 Å². The van der Waals surface area contributed by atoms with Gasteiger partial charge in [-0.25, -0.2) is 0 Å². The summed E-state index contributed by atoms with van der Waals surface area (Å²) in [5, 5.41) is 23.0. The van der Waals surface area contributed by atoms with E-state index in [1.165, 1.54) is 6.42 Å². The molecule has 0 aromatic heterocycles. The summed E-state index contributed by atoms with van der Waals surface area (Å²) in [6, 6.07) is 19.4. The largest absolute Gasteiger partial charge is 0.506 e. The van der Waals surface area contributed by atoms with Crippen LogP contribution in [0.25, 0.3) is 10.8 Å². The van der Waals surface area contributed by atoms with Crippen molar-refractivity contribution in [1.29, 1.82) is 0 Å². The first-order valence-corrected chi connectivity index (χ1v) is 15.8. The summed E-state index contributed by atoms with van der Waals surface area (Å²) in [4.78, 5) is 9.20. The van der Waals surface area contributed by atoms with Crippen LogP contribution in [-0.2, 0) is 33.0 Å². The SMILES string of the molecule is Cc1cccc(C)c1N=Cc1ccc2ccc(C=Nc3c(C)cccc3C)c(O)c2c1O.[CH2-]CC(P)CC.[CH2-]CCP.[Ni].[Ni]. The summed E-state index contributed by atoms with van der Waals surface area (Å²) in [7, 11) is 5.34. The monoisotopic (exact) mass is 716 g/mol. The molecule has 0 amide bonds. The predicted octanol–water partition coefficient (Wildman–Crippen LogP) is 9.93. The Morgan fingerprint density at radius 3 is 1.36 bits per heavy atom. The van der Waals surface area contributed by atoms with Crippen molar-refractivity contribution in [3.63, 3.8) is 0 Å². The van der Waals surface area contributed by atoms with Gasteiger partial charge in [-0.05, 0) is 67.5 Å². The average Bonchev–Trinajstić information content (AvgIpc) is 2.98. The second kappa shape index (κ2) is 21.6. The van der Waals surface area contributed by atoms with Crippen molar-refractivity contribution in [3.05, 3.63) is 108 Å². The zero-order valence-electron chi connectivity index (χ0n) is 26.3. The molecule has 0 aliphatic carbocycles. The summed E-state index contributed by atoms with van der Waals surface area (Å²) >= 11 is 0. The minimum atomic E-state index is -0.00249. The zero-order valence-corrected chi connectivity index (χ0v) is 30.6. The van der Waals surface area contributed by atoms with Crippen molar-refractivity contribution in [2.24, 2.45) is 9.98 Å². The van der Waals surface area contributed by atoms with Crippen LogP contribution in [-0.4, -0.2) is 34.5 Å². The molecule has 0 spiro atoms. The standard InChI is InChI=1S/C28H26N2O2.C5H12P.C3H8P.2Ni/c1-17-7-5-8-18(2)25(17)29-15-22-13-11-21-12-14-23(28(32)24(21)27(22)31)16-30-26-19(3)9-6-10-20(26)4;1-3-5(6)4-2;1-2-3-4;;/h5-16,31-32H,1-4H3;5H,1,3-4,6H2,2H3;1-4H2;;/q;2*-1;;. The Hall–Kier alpha value is -2.07. The summed E-state index contributed by atoms with van der Waals surface area (Å²) < 4.78 is 0. The minimum absolute atomic E-state index is 0. The summed E-state index contributed by atoms with van der Waals surface area (Å²) in [6.07, 6.45) is 7.71. The average molecular weight is 718 g/mol. The fraction of sp³-hybridized carbons (Fsp3) is 0.278. The molecule has 0 saturated heterocycles. The molecule has 44 heavy (non-hydrogen) atoms. The number of hydrogen-bond acceptors (Lipinski definition) is 4. The van der Waals surface area contributed by atoms with Gasteiger partial charge in [-0.1, -0.05) is 73.7 Å². The van der Waals surface area contributed by atoms with Crippen LogP contribution in [0.4, 0.5) is 11.4 Å². The normalized spacial score (nSPS) is 11.2. The molecule has 0 heterocycles. The second-order valence-corrected chi connectivity index (χ2v) is 11.7. The van der Waals surface area contributed by atoms with Gasteiger partial charge in [0.1, 0.15) is 11.5 Å². The Labute approximate surface area is 289 Å². The smallest absolute Gasteiger partial charge is 0.135 e. The Balaban J connectivity index is 0.00000134. The van der Waals surface area contributed by atoms with Crippen molar-refractivity contribution in [2.75, 3.05) is 6.16 Å². The number of nitrogens with zero attached hydrogens (tertiary/aromatic N) is 2. The molecular weight excluding hydrogens is 672 g/mol. The molecule has 3 unspecified atom stereocenters. The number of aromatic hydroxyl groups is 2. The molecule has 4 aromatic rings. The van der Waals surface area contributed by atoms with Gasteiger partial charge in [0.2, 0.25) is 0 Å². The zero-order chi connectivity index (χ0) is 31.2. The Bertz CT molecular complexity index is 1380. The van der Waals surface area contributed by atoms with Gasteiger partial charge in [0.25, 0.3) is 0 Å². The van der Waals surface area contributed by atoms with E-state index in [4.69, 9.17) is 0 Å². The van der Waals surface area contributed by atoms with Gasteiger partial charge in [0.15, 0.2) is 0 Å². The van der Waals surface area contributed by atoms with E-state index < -0.39 is 0 Å². The third-order valence-corrected chi connectivity index (χ3v) is 8.05. The molecule has 0 fully saturated rings. The molecule has 3 atom stereocenters. The van der Waals surface area contributed by atoms with Crippen molar-refractivity contribution in [1.82, 2.24) is 0 Å². The summed E-state index contributed by atoms with van der Waals surface area (Å²) in [5.74, 6) is -0.00498. The van der Waals surface area contributed by atoms with Crippen LogP contribution >= 0.6 is 18.5 Å². The predicted molar refractivity (Wildman–Crippen MR) is 192 cm³/mol. The topological polar surface area (TPSA) is 65.2 Å². The van der Waals surface area contributed by atoms with Crippen LogP contribution in [0, 0.1) is 41.5 Å². The van der Waals surface area contributed by atoms with Crippen molar-refractivity contribution in [3.8, 4) is 11.5 Å². The number of rotatable bonds is 7. The number of aryl methyl sites for hydroxylation is 4. The molecule has 0 aliphatic rings. The number of aliphatic imine (C=N–C) groups is 2. The number of para-hydroxylation sites is 2. The summed E-state index contributed by atoms with van der Waals surface area (Å²) in [5.41, 5.74) is 7.84. The van der Waals surface area contributed by atoms with Gasteiger partial charge in [0, 0.05) is 56.5 Å². The van der Waals surface area contributed by atoms with Gasteiger partial charge in [0.05, 0.1) is 16.8 Å². The first-order chi connectivity index (χ1) is 20.1. The Morgan fingerprint density at radius 1 is 0.727 bits per heavy atom. The van der Waals surface area contributed by atoms with E-state index in [2.05, 4.69) is 49.2 Å². The molecule has 4 rings (SSSR count). The van der Waals surface area contributed by atoms with Gasteiger partial charge in [-0.2, -0.15) is 12.8 Å². The molecule has 4 nitrogen and oxygen atoms in total. The van der Waals surface area contributed by atoms with Gasteiger partial charge < -0.3 is 24.1 Å². The second-order valence-electron chi connectivity index (χ2n) is 10.2. The maximum absolute atomic E-state index is 10.9. The number of phenolic OH excluding ortho intramolecular Hbond substituents is 2. The fourth-order valence-electron chi connectivity index (χ4n) is 4.11. The Morgan fingerprint density at radius 2 is 1.09 bits per heavy atom. The van der Waals surface area contributed by atoms with E-state index in [9.17, 15) is 10.2 Å². The maximum atomic E-state index is 10.9. The van der Waals surface area contributed by atoms with Gasteiger partial charge in [-0.15, -0.1) is 18.5 Å². The molecule has 0 saturated carbocycles. The quantitative estimate of drug-likeness (QED) is 0.0866. The number of benzene rings is 4. The molecule has 0 radical (unpaired) electrons.